The number of nitrogens with two attached hydrogens (primary N) is 1. The second kappa shape index (κ2) is 7.24. The van der Waals surface area contributed by atoms with Crippen LogP contribution in [0, 0.1) is 0 Å². The van der Waals surface area contributed by atoms with Crippen molar-refractivity contribution >= 4 is 5.69 Å². The van der Waals surface area contributed by atoms with Gasteiger partial charge in [0.25, 0.3) is 0 Å². The Morgan fingerprint density at radius 2 is 1.83 bits per heavy atom. The average molecular weight is 251 g/mol. The van der Waals surface area contributed by atoms with Crippen molar-refractivity contribution in [2.24, 2.45) is 0 Å². The van der Waals surface area contributed by atoms with Gasteiger partial charge in [0.2, 0.25) is 0 Å². The van der Waals surface area contributed by atoms with Crippen molar-refractivity contribution in [3.05, 3.63) is 24.3 Å². The maximum absolute atomic E-state index is 5.76. The van der Waals surface area contributed by atoms with Gasteiger partial charge in [0.15, 0.2) is 0 Å². The minimum absolute atomic E-state index is 0.371. The second-order valence-corrected chi connectivity index (χ2v) is 4.45. The molecule has 1 aliphatic heterocycles. The Bertz CT molecular complexity index is 333. The lowest BCUT2D eigenvalue weighted by Crippen LogP contribution is -2.24. The summed E-state index contributed by atoms with van der Waals surface area (Å²) in [5, 5.41) is 0. The van der Waals surface area contributed by atoms with E-state index in [-0.39, 0.29) is 0 Å². The summed E-state index contributed by atoms with van der Waals surface area (Å²) in [6.07, 6.45) is 3.30. The Morgan fingerprint density at radius 3 is 2.56 bits per heavy atom. The van der Waals surface area contributed by atoms with Gasteiger partial charge in [-0.1, -0.05) is 0 Å². The van der Waals surface area contributed by atoms with Crippen molar-refractivity contribution in [1.29, 1.82) is 0 Å². The first kappa shape index (κ1) is 13.2. The lowest BCUT2D eigenvalue weighted by atomic mass is 10.1. The first-order chi connectivity index (χ1) is 8.84. The molecule has 1 heterocycles. The molecule has 1 fully saturated rings. The van der Waals surface area contributed by atoms with Gasteiger partial charge >= 0.3 is 0 Å². The van der Waals surface area contributed by atoms with Crippen LogP contribution >= 0.6 is 0 Å². The van der Waals surface area contributed by atoms with Crippen LogP contribution in [0.2, 0.25) is 0 Å². The molecule has 0 spiro atoms. The smallest absolute Gasteiger partial charge is 0.119 e. The van der Waals surface area contributed by atoms with Crippen LogP contribution in [0.15, 0.2) is 24.3 Å². The van der Waals surface area contributed by atoms with E-state index >= 15 is 0 Å². The van der Waals surface area contributed by atoms with E-state index in [0.717, 1.165) is 50.5 Å². The van der Waals surface area contributed by atoms with E-state index in [2.05, 4.69) is 0 Å². The number of nitrogen functional groups attached to an aromatic ring is 1. The topological polar surface area (TPSA) is 53.7 Å². The van der Waals surface area contributed by atoms with Crippen LogP contribution in [0.3, 0.4) is 0 Å². The van der Waals surface area contributed by atoms with E-state index < -0.39 is 0 Å². The number of benzene rings is 1. The maximum atomic E-state index is 5.76. The van der Waals surface area contributed by atoms with Crippen molar-refractivity contribution in [3.63, 3.8) is 0 Å². The lowest BCUT2D eigenvalue weighted by Gasteiger charge is -2.22. The number of hydrogen-bond acceptors (Lipinski definition) is 4. The molecule has 1 aromatic carbocycles. The third-order valence-electron chi connectivity index (χ3n) is 2.96. The Morgan fingerprint density at radius 1 is 1.11 bits per heavy atom. The monoisotopic (exact) mass is 251 g/mol. The minimum Gasteiger partial charge on any atom is -0.494 e. The summed E-state index contributed by atoms with van der Waals surface area (Å²) >= 11 is 0. The molecule has 2 rings (SSSR count). The fourth-order valence-corrected chi connectivity index (χ4v) is 1.91. The Hall–Kier alpha value is -1.26. The van der Waals surface area contributed by atoms with Gasteiger partial charge in [-0.05, 0) is 37.1 Å². The molecule has 0 bridgehead atoms. The summed E-state index contributed by atoms with van der Waals surface area (Å²) in [6, 6.07) is 7.45. The Balaban J connectivity index is 1.54. The molecule has 18 heavy (non-hydrogen) atoms. The summed E-state index contributed by atoms with van der Waals surface area (Å²) in [4.78, 5) is 0. The van der Waals surface area contributed by atoms with Crippen molar-refractivity contribution in [2.45, 2.75) is 25.4 Å². The maximum Gasteiger partial charge on any atom is 0.119 e. The molecule has 0 aliphatic carbocycles. The van der Waals surface area contributed by atoms with Gasteiger partial charge in [-0.25, -0.2) is 0 Å². The van der Waals surface area contributed by atoms with Crippen molar-refractivity contribution < 1.29 is 14.2 Å². The molecule has 100 valence electrons. The van der Waals surface area contributed by atoms with Gasteiger partial charge in [-0.15, -0.1) is 0 Å². The zero-order chi connectivity index (χ0) is 12.6. The number of anilines is 1. The molecular weight excluding hydrogens is 230 g/mol. The predicted molar refractivity (Wildman–Crippen MR) is 70.8 cm³/mol. The van der Waals surface area contributed by atoms with E-state index in [1.165, 1.54) is 0 Å². The molecule has 0 amide bonds. The highest BCUT2D eigenvalue weighted by atomic mass is 16.5. The fraction of sp³-hybridized carbons (Fsp3) is 0.571. The molecule has 1 aliphatic rings. The van der Waals surface area contributed by atoms with Gasteiger partial charge in [0.1, 0.15) is 5.75 Å². The molecule has 0 saturated carbocycles. The normalized spacial score (nSPS) is 16.7. The third-order valence-corrected chi connectivity index (χ3v) is 2.96. The van der Waals surface area contributed by atoms with Crippen LogP contribution in [0.4, 0.5) is 5.69 Å². The van der Waals surface area contributed by atoms with Crippen LogP contribution in [0.5, 0.6) is 5.75 Å². The minimum atomic E-state index is 0.371. The molecular formula is C14H21NO3. The van der Waals surface area contributed by atoms with Crippen LogP contribution in [-0.4, -0.2) is 32.5 Å². The largest absolute Gasteiger partial charge is 0.494 e. The zero-order valence-corrected chi connectivity index (χ0v) is 10.6. The van der Waals surface area contributed by atoms with Crippen molar-refractivity contribution in [3.8, 4) is 5.75 Å². The summed E-state index contributed by atoms with van der Waals surface area (Å²) in [7, 11) is 0. The molecule has 4 nitrogen and oxygen atoms in total. The summed E-state index contributed by atoms with van der Waals surface area (Å²) < 4.78 is 16.6. The Kier molecular flexibility index (Phi) is 5.30. The lowest BCUT2D eigenvalue weighted by molar-refractivity contribution is -0.0341. The first-order valence-electron chi connectivity index (χ1n) is 6.52. The van der Waals surface area contributed by atoms with Gasteiger partial charge in [0.05, 0.1) is 19.3 Å². The number of rotatable bonds is 6. The highest BCUT2D eigenvalue weighted by molar-refractivity contribution is 5.41. The molecule has 1 saturated heterocycles. The highest BCUT2D eigenvalue weighted by Crippen LogP contribution is 2.14. The SMILES string of the molecule is Nc1ccc(OCCCOC2CCOCC2)cc1. The van der Waals surface area contributed by atoms with E-state index in [9.17, 15) is 0 Å². The van der Waals surface area contributed by atoms with Crippen molar-refractivity contribution in [2.75, 3.05) is 32.2 Å². The molecule has 1 aromatic rings. The van der Waals surface area contributed by atoms with Gasteiger partial charge in [0, 0.05) is 25.3 Å². The van der Waals surface area contributed by atoms with E-state index in [1.807, 2.05) is 24.3 Å². The molecule has 4 heteroatoms. The standard InChI is InChI=1S/C14H21NO3/c15-12-2-4-13(5-3-12)17-8-1-9-18-14-6-10-16-11-7-14/h2-5,14H,1,6-11,15H2. The van der Waals surface area contributed by atoms with E-state index in [4.69, 9.17) is 19.9 Å². The van der Waals surface area contributed by atoms with Gasteiger partial charge < -0.3 is 19.9 Å². The molecule has 0 unspecified atom stereocenters. The molecule has 0 aromatic heterocycles. The van der Waals surface area contributed by atoms with E-state index in [1.54, 1.807) is 0 Å². The van der Waals surface area contributed by atoms with E-state index in [0.29, 0.717) is 12.7 Å². The molecule has 2 N–H and O–H groups in total. The van der Waals surface area contributed by atoms with Gasteiger partial charge in [-0.2, -0.15) is 0 Å². The average Bonchev–Trinajstić information content (AvgIpc) is 2.42. The summed E-state index contributed by atoms with van der Waals surface area (Å²) in [6.45, 7) is 3.08. The molecule has 0 atom stereocenters. The van der Waals surface area contributed by atoms with Gasteiger partial charge in [-0.3, -0.25) is 0 Å². The van der Waals surface area contributed by atoms with Crippen molar-refractivity contribution in [1.82, 2.24) is 0 Å². The zero-order valence-electron chi connectivity index (χ0n) is 10.6. The quantitative estimate of drug-likeness (QED) is 0.622. The second-order valence-electron chi connectivity index (χ2n) is 4.45. The van der Waals surface area contributed by atoms with Crippen LogP contribution < -0.4 is 10.5 Å². The fourth-order valence-electron chi connectivity index (χ4n) is 1.91. The highest BCUT2D eigenvalue weighted by Gasteiger charge is 2.13. The molecule has 0 radical (unpaired) electrons. The number of ether oxygens (including phenoxy) is 3. The predicted octanol–water partition coefficient (Wildman–Crippen LogP) is 2.23. The third kappa shape index (κ3) is 4.55. The van der Waals surface area contributed by atoms with Crippen LogP contribution in [-0.2, 0) is 9.47 Å². The Labute approximate surface area is 108 Å². The summed E-state index contributed by atoms with van der Waals surface area (Å²) in [5.74, 6) is 0.857. The van der Waals surface area contributed by atoms with Crippen LogP contribution in [0.1, 0.15) is 19.3 Å². The van der Waals surface area contributed by atoms with Crippen LogP contribution in [0.25, 0.3) is 0 Å². The first-order valence-corrected chi connectivity index (χ1v) is 6.52. The number of hydrogen-bond donors (Lipinski definition) is 1. The summed E-state index contributed by atoms with van der Waals surface area (Å²) in [5.41, 5.74) is 6.35.